The van der Waals surface area contributed by atoms with Crippen LogP contribution >= 0.6 is 0 Å². The standard InChI is InChI=1S/C12H22N2O3/c1-9-4-10(2)6-14(5-9)11(15)7-13(3)8-12(16)17/h9-10H,4-8H2,1-3H3,(H,16,17). The number of hydrogen-bond acceptors (Lipinski definition) is 3. The Kier molecular flexibility index (Phi) is 4.93. The average molecular weight is 242 g/mol. The first-order valence-electron chi connectivity index (χ1n) is 6.06. The van der Waals surface area contributed by atoms with E-state index in [1.165, 1.54) is 4.90 Å². The zero-order chi connectivity index (χ0) is 13.0. The predicted octanol–water partition coefficient (Wildman–Crippen LogP) is 0.507. The molecule has 0 aliphatic carbocycles. The van der Waals surface area contributed by atoms with E-state index in [1.807, 2.05) is 4.90 Å². The van der Waals surface area contributed by atoms with Crippen molar-refractivity contribution in [3.8, 4) is 0 Å². The van der Waals surface area contributed by atoms with Crippen LogP contribution in [0.25, 0.3) is 0 Å². The van der Waals surface area contributed by atoms with Crippen LogP contribution in [0, 0.1) is 11.8 Å². The molecule has 5 nitrogen and oxygen atoms in total. The molecule has 0 radical (unpaired) electrons. The van der Waals surface area contributed by atoms with Crippen molar-refractivity contribution in [2.45, 2.75) is 20.3 Å². The highest BCUT2D eigenvalue weighted by atomic mass is 16.4. The van der Waals surface area contributed by atoms with Gasteiger partial charge in [-0.25, -0.2) is 0 Å². The van der Waals surface area contributed by atoms with Crippen LogP contribution in [-0.2, 0) is 9.59 Å². The van der Waals surface area contributed by atoms with Gasteiger partial charge in [0.2, 0.25) is 5.91 Å². The Balaban J connectivity index is 2.43. The number of likely N-dealkylation sites (tertiary alicyclic amines) is 1. The normalized spacial score (nSPS) is 25.1. The molecule has 0 saturated carbocycles. The molecule has 1 aliphatic heterocycles. The number of carboxylic acid groups (broad SMARTS) is 1. The monoisotopic (exact) mass is 242 g/mol. The summed E-state index contributed by atoms with van der Waals surface area (Å²) in [5.41, 5.74) is 0. The number of piperidine rings is 1. The molecule has 1 aliphatic rings. The molecule has 0 spiro atoms. The summed E-state index contributed by atoms with van der Waals surface area (Å²) in [6.07, 6.45) is 1.16. The van der Waals surface area contributed by atoms with E-state index >= 15 is 0 Å². The van der Waals surface area contributed by atoms with Gasteiger partial charge in [-0.15, -0.1) is 0 Å². The summed E-state index contributed by atoms with van der Waals surface area (Å²) in [4.78, 5) is 25.9. The Morgan fingerprint density at radius 1 is 1.24 bits per heavy atom. The van der Waals surface area contributed by atoms with E-state index in [9.17, 15) is 9.59 Å². The van der Waals surface area contributed by atoms with Crippen LogP contribution in [0.1, 0.15) is 20.3 Å². The van der Waals surface area contributed by atoms with Crippen molar-refractivity contribution in [1.29, 1.82) is 0 Å². The van der Waals surface area contributed by atoms with Crippen LogP contribution in [-0.4, -0.2) is 60.0 Å². The van der Waals surface area contributed by atoms with Crippen molar-refractivity contribution in [3.63, 3.8) is 0 Å². The van der Waals surface area contributed by atoms with Crippen molar-refractivity contribution in [1.82, 2.24) is 9.80 Å². The lowest BCUT2D eigenvalue weighted by molar-refractivity contribution is -0.139. The molecule has 5 heteroatoms. The quantitative estimate of drug-likeness (QED) is 0.780. The predicted molar refractivity (Wildman–Crippen MR) is 64.7 cm³/mol. The maximum Gasteiger partial charge on any atom is 0.317 e. The molecular formula is C12H22N2O3. The fraction of sp³-hybridized carbons (Fsp3) is 0.833. The van der Waals surface area contributed by atoms with Gasteiger partial charge in [-0.2, -0.15) is 0 Å². The summed E-state index contributed by atoms with van der Waals surface area (Å²) in [5, 5.41) is 8.62. The molecule has 1 saturated heterocycles. The van der Waals surface area contributed by atoms with Crippen LogP contribution in [0.2, 0.25) is 0 Å². The van der Waals surface area contributed by atoms with Gasteiger partial charge in [0.05, 0.1) is 13.1 Å². The zero-order valence-electron chi connectivity index (χ0n) is 10.8. The minimum absolute atomic E-state index is 0.0344. The van der Waals surface area contributed by atoms with E-state index in [0.29, 0.717) is 11.8 Å². The molecule has 0 aromatic heterocycles. The summed E-state index contributed by atoms with van der Waals surface area (Å²) >= 11 is 0. The molecule has 98 valence electrons. The summed E-state index contributed by atoms with van der Waals surface area (Å²) < 4.78 is 0. The lowest BCUT2D eigenvalue weighted by Gasteiger charge is -2.35. The largest absolute Gasteiger partial charge is 0.480 e. The lowest BCUT2D eigenvalue weighted by Crippen LogP contribution is -2.46. The third-order valence-corrected chi connectivity index (χ3v) is 3.03. The maximum atomic E-state index is 12.0. The van der Waals surface area contributed by atoms with E-state index in [2.05, 4.69) is 13.8 Å². The highest BCUT2D eigenvalue weighted by Gasteiger charge is 2.25. The highest BCUT2D eigenvalue weighted by Crippen LogP contribution is 2.20. The number of carbonyl (C=O) groups is 2. The van der Waals surface area contributed by atoms with Gasteiger partial charge in [-0.3, -0.25) is 14.5 Å². The fourth-order valence-corrected chi connectivity index (χ4v) is 2.48. The van der Waals surface area contributed by atoms with Gasteiger partial charge in [0.15, 0.2) is 0 Å². The Labute approximate surface area is 102 Å². The lowest BCUT2D eigenvalue weighted by atomic mass is 9.92. The van der Waals surface area contributed by atoms with Gasteiger partial charge in [-0.1, -0.05) is 13.8 Å². The molecular weight excluding hydrogens is 220 g/mol. The molecule has 0 bridgehead atoms. The van der Waals surface area contributed by atoms with Crippen LogP contribution in [0.4, 0.5) is 0 Å². The first-order chi connectivity index (χ1) is 7.88. The fourth-order valence-electron chi connectivity index (χ4n) is 2.48. The molecule has 1 fully saturated rings. The highest BCUT2D eigenvalue weighted by molar-refractivity contribution is 5.79. The second kappa shape index (κ2) is 6.00. The Bertz CT molecular complexity index is 283. The molecule has 1 N–H and O–H groups in total. The number of hydrogen-bond donors (Lipinski definition) is 1. The van der Waals surface area contributed by atoms with Crippen LogP contribution in [0.15, 0.2) is 0 Å². The number of nitrogens with zero attached hydrogens (tertiary/aromatic N) is 2. The van der Waals surface area contributed by atoms with Gasteiger partial charge >= 0.3 is 5.97 Å². The van der Waals surface area contributed by atoms with Crippen molar-refractivity contribution in [3.05, 3.63) is 0 Å². The molecule has 2 unspecified atom stereocenters. The Morgan fingerprint density at radius 2 is 1.76 bits per heavy atom. The minimum atomic E-state index is -0.902. The molecule has 1 heterocycles. The number of carbonyl (C=O) groups excluding carboxylic acids is 1. The van der Waals surface area contributed by atoms with Gasteiger partial charge in [0, 0.05) is 13.1 Å². The number of amides is 1. The van der Waals surface area contributed by atoms with Gasteiger partial charge in [0.25, 0.3) is 0 Å². The smallest absolute Gasteiger partial charge is 0.317 e. The summed E-state index contributed by atoms with van der Waals surface area (Å²) in [6.45, 7) is 5.98. The molecule has 0 aromatic carbocycles. The number of carboxylic acids is 1. The first kappa shape index (κ1) is 14.0. The topological polar surface area (TPSA) is 60.9 Å². The van der Waals surface area contributed by atoms with Crippen molar-refractivity contribution in [2.75, 3.05) is 33.2 Å². The number of aliphatic carboxylic acids is 1. The minimum Gasteiger partial charge on any atom is -0.480 e. The van der Waals surface area contributed by atoms with Gasteiger partial charge in [0.1, 0.15) is 0 Å². The summed E-state index contributed by atoms with van der Waals surface area (Å²) in [6, 6.07) is 0. The van der Waals surface area contributed by atoms with Crippen molar-refractivity contribution >= 4 is 11.9 Å². The van der Waals surface area contributed by atoms with Gasteiger partial charge in [-0.05, 0) is 25.3 Å². The number of rotatable bonds is 4. The third-order valence-electron chi connectivity index (χ3n) is 3.03. The Morgan fingerprint density at radius 3 is 2.24 bits per heavy atom. The van der Waals surface area contributed by atoms with Crippen LogP contribution in [0.3, 0.4) is 0 Å². The zero-order valence-corrected chi connectivity index (χ0v) is 10.8. The first-order valence-corrected chi connectivity index (χ1v) is 6.06. The molecule has 17 heavy (non-hydrogen) atoms. The summed E-state index contributed by atoms with van der Waals surface area (Å²) in [7, 11) is 1.66. The van der Waals surface area contributed by atoms with E-state index < -0.39 is 5.97 Å². The molecule has 1 amide bonds. The van der Waals surface area contributed by atoms with Crippen LogP contribution < -0.4 is 0 Å². The van der Waals surface area contributed by atoms with Crippen molar-refractivity contribution in [2.24, 2.45) is 11.8 Å². The van der Waals surface area contributed by atoms with E-state index in [4.69, 9.17) is 5.11 Å². The second-order valence-electron chi connectivity index (χ2n) is 5.31. The summed E-state index contributed by atoms with van der Waals surface area (Å²) in [5.74, 6) is 0.202. The average Bonchev–Trinajstić information content (AvgIpc) is 2.14. The van der Waals surface area contributed by atoms with Crippen LogP contribution in [0.5, 0.6) is 0 Å². The Hall–Kier alpha value is -1.10. The van der Waals surface area contributed by atoms with E-state index in [1.54, 1.807) is 7.05 Å². The van der Waals surface area contributed by atoms with E-state index in [0.717, 1.165) is 19.5 Å². The second-order valence-corrected chi connectivity index (χ2v) is 5.31. The van der Waals surface area contributed by atoms with E-state index in [-0.39, 0.29) is 19.0 Å². The third kappa shape index (κ3) is 4.73. The SMILES string of the molecule is CC1CC(C)CN(C(=O)CN(C)CC(=O)O)C1. The van der Waals surface area contributed by atoms with Crippen molar-refractivity contribution < 1.29 is 14.7 Å². The molecule has 2 atom stereocenters. The van der Waals surface area contributed by atoms with Gasteiger partial charge < -0.3 is 10.0 Å². The molecule has 0 aromatic rings. The maximum absolute atomic E-state index is 12.0. The molecule has 1 rings (SSSR count). The number of likely N-dealkylation sites (N-methyl/N-ethyl adjacent to an activating group) is 1.